The van der Waals surface area contributed by atoms with Crippen LogP contribution in [-0.2, 0) is 6.54 Å². The van der Waals surface area contributed by atoms with E-state index in [1.54, 1.807) is 6.07 Å². The lowest BCUT2D eigenvalue weighted by Crippen LogP contribution is -2.26. The third kappa shape index (κ3) is 4.26. The van der Waals surface area contributed by atoms with Crippen LogP contribution < -0.4 is 5.32 Å². The maximum Gasteiger partial charge on any atom is 0.124 e. The van der Waals surface area contributed by atoms with E-state index in [-0.39, 0.29) is 6.04 Å². The van der Waals surface area contributed by atoms with Crippen molar-refractivity contribution in [3.05, 3.63) is 35.1 Å². The van der Waals surface area contributed by atoms with Gasteiger partial charge in [0.15, 0.2) is 0 Å². The van der Waals surface area contributed by atoms with E-state index in [2.05, 4.69) is 18.2 Å². The average Bonchev–Trinajstić information content (AvgIpc) is 2.33. The molecule has 0 radical (unpaired) electrons. The third-order valence-corrected chi connectivity index (χ3v) is 2.42. The summed E-state index contributed by atoms with van der Waals surface area (Å²) in [5, 5.41) is 11.9. The molecule has 1 atom stereocenters. The first kappa shape index (κ1) is 13.2. The molecule has 0 aliphatic rings. The minimum Gasteiger partial charge on any atom is -0.300 e. The van der Waals surface area contributed by atoms with Gasteiger partial charge in [0.05, 0.1) is 17.7 Å². The van der Waals surface area contributed by atoms with Gasteiger partial charge in [0.2, 0.25) is 0 Å². The molecule has 1 unspecified atom stereocenters. The molecule has 0 aliphatic carbocycles. The Hall–Kier alpha value is -1.84. The molecular formula is C14H15FN2. The Labute approximate surface area is 101 Å². The van der Waals surface area contributed by atoms with E-state index in [0.717, 1.165) is 18.4 Å². The summed E-state index contributed by atoms with van der Waals surface area (Å²) in [4.78, 5) is 0. The van der Waals surface area contributed by atoms with Gasteiger partial charge in [-0.15, -0.1) is 6.42 Å². The van der Waals surface area contributed by atoms with E-state index in [0.29, 0.717) is 12.1 Å². The minimum absolute atomic E-state index is 0.00574. The summed E-state index contributed by atoms with van der Waals surface area (Å²) in [5.74, 6) is 2.25. The molecule has 2 nitrogen and oxygen atoms in total. The van der Waals surface area contributed by atoms with Gasteiger partial charge in [-0.3, -0.25) is 5.32 Å². The normalized spacial score (nSPS) is 11.5. The first-order valence-electron chi connectivity index (χ1n) is 5.58. The van der Waals surface area contributed by atoms with Crippen LogP contribution in [0.3, 0.4) is 0 Å². The third-order valence-electron chi connectivity index (χ3n) is 2.42. The Morgan fingerprint density at radius 3 is 2.82 bits per heavy atom. The Morgan fingerprint density at radius 2 is 2.24 bits per heavy atom. The van der Waals surface area contributed by atoms with Gasteiger partial charge < -0.3 is 0 Å². The van der Waals surface area contributed by atoms with E-state index < -0.39 is 5.82 Å². The van der Waals surface area contributed by atoms with Crippen LogP contribution in [0.1, 0.15) is 30.9 Å². The van der Waals surface area contributed by atoms with Crippen LogP contribution >= 0.6 is 0 Å². The molecule has 3 heteroatoms. The molecule has 88 valence electrons. The summed E-state index contributed by atoms with van der Waals surface area (Å²) in [7, 11) is 0. The molecule has 0 saturated heterocycles. The highest BCUT2D eigenvalue weighted by molar-refractivity contribution is 5.33. The zero-order valence-corrected chi connectivity index (χ0v) is 9.83. The lowest BCUT2D eigenvalue weighted by Gasteiger charge is -2.12. The summed E-state index contributed by atoms with van der Waals surface area (Å²) in [6.07, 6.45) is 7.25. The van der Waals surface area contributed by atoms with Crippen LogP contribution in [-0.4, -0.2) is 6.04 Å². The van der Waals surface area contributed by atoms with Crippen LogP contribution in [0.4, 0.5) is 4.39 Å². The minimum atomic E-state index is -0.395. The number of nitrogens with zero attached hydrogens (tertiary/aromatic N) is 1. The predicted molar refractivity (Wildman–Crippen MR) is 65.5 cm³/mol. The lowest BCUT2D eigenvalue weighted by molar-refractivity contribution is 0.559. The fourth-order valence-corrected chi connectivity index (χ4v) is 1.59. The van der Waals surface area contributed by atoms with Crippen molar-refractivity contribution in [2.45, 2.75) is 32.4 Å². The molecule has 0 spiro atoms. The molecule has 0 bridgehead atoms. The van der Waals surface area contributed by atoms with Gasteiger partial charge in [0, 0.05) is 6.54 Å². The monoisotopic (exact) mass is 230 g/mol. The molecule has 1 rings (SSSR count). The van der Waals surface area contributed by atoms with E-state index in [1.165, 1.54) is 12.1 Å². The molecule has 0 aliphatic heterocycles. The highest BCUT2D eigenvalue weighted by Gasteiger charge is 2.04. The van der Waals surface area contributed by atoms with Gasteiger partial charge in [-0.2, -0.15) is 5.26 Å². The number of nitrogens with one attached hydrogen (secondary N) is 1. The fourth-order valence-electron chi connectivity index (χ4n) is 1.59. The average molecular weight is 230 g/mol. The standard InChI is InChI=1S/C14H15FN2/c1-3-5-14(4-2)17-10-12-6-11(9-16)7-13(15)8-12/h2,6-8,14,17H,3,5,10H2,1H3. The van der Waals surface area contributed by atoms with Crippen LogP contribution in [0, 0.1) is 29.5 Å². The fraction of sp³-hybridized carbons (Fsp3) is 0.357. The van der Waals surface area contributed by atoms with Crippen molar-refractivity contribution in [2.24, 2.45) is 0 Å². The molecule has 0 fully saturated rings. The summed E-state index contributed by atoms with van der Waals surface area (Å²) in [6, 6.07) is 6.21. The molecule has 17 heavy (non-hydrogen) atoms. The topological polar surface area (TPSA) is 35.8 Å². The van der Waals surface area contributed by atoms with Crippen molar-refractivity contribution in [3.8, 4) is 18.4 Å². The number of hydrogen-bond acceptors (Lipinski definition) is 2. The number of hydrogen-bond donors (Lipinski definition) is 1. The molecular weight excluding hydrogens is 215 g/mol. The second kappa shape index (κ2) is 6.68. The molecule has 1 N–H and O–H groups in total. The SMILES string of the molecule is C#CC(CCC)NCc1cc(F)cc(C#N)c1. The number of terminal acetylenes is 1. The Morgan fingerprint density at radius 1 is 1.47 bits per heavy atom. The molecule has 1 aromatic carbocycles. The largest absolute Gasteiger partial charge is 0.300 e. The number of benzene rings is 1. The van der Waals surface area contributed by atoms with Crippen LogP contribution in [0.15, 0.2) is 18.2 Å². The highest BCUT2D eigenvalue weighted by Crippen LogP contribution is 2.09. The van der Waals surface area contributed by atoms with Gasteiger partial charge in [-0.25, -0.2) is 4.39 Å². The summed E-state index contributed by atoms with van der Waals surface area (Å²) in [6.45, 7) is 2.53. The van der Waals surface area contributed by atoms with Gasteiger partial charge in [-0.05, 0) is 30.2 Å². The first-order chi connectivity index (χ1) is 8.19. The van der Waals surface area contributed by atoms with E-state index >= 15 is 0 Å². The number of nitriles is 1. The van der Waals surface area contributed by atoms with Crippen molar-refractivity contribution < 1.29 is 4.39 Å². The van der Waals surface area contributed by atoms with Crippen LogP contribution in [0.25, 0.3) is 0 Å². The summed E-state index contributed by atoms with van der Waals surface area (Å²) >= 11 is 0. The first-order valence-corrected chi connectivity index (χ1v) is 5.58. The van der Waals surface area contributed by atoms with E-state index in [4.69, 9.17) is 11.7 Å². The lowest BCUT2D eigenvalue weighted by atomic mass is 10.1. The second-order valence-corrected chi connectivity index (χ2v) is 3.85. The predicted octanol–water partition coefficient (Wildman–Crippen LogP) is 2.59. The smallest absolute Gasteiger partial charge is 0.124 e. The molecule has 0 heterocycles. The number of rotatable bonds is 5. The highest BCUT2D eigenvalue weighted by atomic mass is 19.1. The second-order valence-electron chi connectivity index (χ2n) is 3.85. The Kier molecular flexibility index (Phi) is 5.20. The maximum absolute atomic E-state index is 13.1. The Balaban J connectivity index is 2.66. The van der Waals surface area contributed by atoms with E-state index in [1.807, 2.05) is 6.07 Å². The van der Waals surface area contributed by atoms with Crippen molar-refractivity contribution >= 4 is 0 Å². The van der Waals surface area contributed by atoms with Crippen molar-refractivity contribution in [1.29, 1.82) is 5.26 Å². The zero-order chi connectivity index (χ0) is 12.7. The van der Waals surface area contributed by atoms with Crippen molar-refractivity contribution in [2.75, 3.05) is 0 Å². The maximum atomic E-state index is 13.1. The van der Waals surface area contributed by atoms with Crippen molar-refractivity contribution in [3.63, 3.8) is 0 Å². The zero-order valence-electron chi connectivity index (χ0n) is 9.83. The summed E-state index contributed by atoms with van der Waals surface area (Å²) < 4.78 is 13.1. The molecule has 0 saturated carbocycles. The van der Waals surface area contributed by atoms with Gasteiger partial charge in [0.1, 0.15) is 5.82 Å². The Bertz CT molecular complexity index is 454. The van der Waals surface area contributed by atoms with Crippen molar-refractivity contribution in [1.82, 2.24) is 5.32 Å². The number of halogens is 1. The van der Waals surface area contributed by atoms with Gasteiger partial charge in [0.25, 0.3) is 0 Å². The van der Waals surface area contributed by atoms with Crippen LogP contribution in [0.5, 0.6) is 0 Å². The molecule has 0 amide bonds. The van der Waals surface area contributed by atoms with Gasteiger partial charge >= 0.3 is 0 Å². The molecule has 0 aromatic heterocycles. The van der Waals surface area contributed by atoms with Gasteiger partial charge in [-0.1, -0.05) is 19.3 Å². The van der Waals surface area contributed by atoms with Crippen LogP contribution in [0.2, 0.25) is 0 Å². The molecule has 1 aromatic rings. The summed E-state index contributed by atoms with van der Waals surface area (Å²) in [5.41, 5.74) is 1.06. The van der Waals surface area contributed by atoms with E-state index in [9.17, 15) is 4.39 Å². The quantitative estimate of drug-likeness (QED) is 0.789.